The Morgan fingerprint density at radius 1 is 1.27 bits per heavy atom. The highest BCUT2D eigenvalue weighted by Crippen LogP contribution is 2.24. The predicted molar refractivity (Wildman–Crippen MR) is 91.9 cm³/mol. The van der Waals surface area contributed by atoms with Crippen LogP contribution in [0.2, 0.25) is 0 Å². The van der Waals surface area contributed by atoms with Gasteiger partial charge in [0.05, 0.1) is 24.5 Å². The van der Waals surface area contributed by atoms with Crippen molar-refractivity contribution >= 4 is 0 Å². The van der Waals surface area contributed by atoms with E-state index in [9.17, 15) is 5.11 Å². The minimum absolute atomic E-state index is 0.344. The second kappa shape index (κ2) is 7.36. The molecule has 0 radical (unpaired) electrons. The molecule has 0 saturated carbocycles. The van der Waals surface area contributed by atoms with E-state index < -0.39 is 6.10 Å². The van der Waals surface area contributed by atoms with Crippen LogP contribution in [-0.4, -0.2) is 43.6 Å². The minimum Gasteiger partial charge on any atom is -0.382 e. The summed E-state index contributed by atoms with van der Waals surface area (Å²) in [4.78, 5) is 6.54. The molecule has 0 saturated heterocycles. The summed E-state index contributed by atoms with van der Waals surface area (Å²) >= 11 is 0. The number of hydrogen-bond acceptors (Lipinski definition) is 7. The van der Waals surface area contributed by atoms with Gasteiger partial charge in [0.15, 0.2) is 5.82 Å². The van der Waals surface area contributed by atoms with E-state index in [4.69, 9.17) is 9.26 Å². The van der Waals surface area contributed by atoms with Gasteiger partial charge < -0.3 is 14.4 Å². The maximum Gasteiger partial charge on any atom is 0.240 e. The Labute approximate surface area is 151 Å². The van der Waals surface area contributed by atoms with Gasteiger partial charge in [-0.25, -0.2) is 0 Å². The van der Waals surface area contributed by atoms with Crippen LogP contribution in [0.1, 0.15) is 34.8 Å². The molecule has 1 aliphatic heterocycles. The van der Waals surface area contributed by atoms with Crippen LogP contribution in [0.4, 0.5) is 0 Å². The summed E-state index contributed by atoms with van der Waals surface area (Å²) in [5.41, 5.74) is 2.59. The molecule has 8 heteroatoms. The summed E-state index contributed by atoms with van der Waals surface area (Å²) in [5.74, 6) is 1.13. The summed E-state index contributed by atoms with van der Waals surface area (Å²) in [6.07, 6.45) is -0.713. The topological polar surface area (TPSA) is 89.4 Å². The fourth-order valence-electron chi connectivity index (χ4n) is 3.15. The Balaban J connectivity index is 1.44. The molecule has 1 N–H and O–H groups in total. The molecule has 3 aromatic rings. The number of aliphatic hydroxyl groups is 1. The second-order valence-electron chi connectivity index (χ2n) is 6.34. The number of ether oxygens (including phenoxy) is 1. The second-order valence-corrected chi connectivity index (χ2v) is 6.34. The van der Waals surface area contributed by atoms with Gasteiger partial charge in [0.25, 0.3) is 0 Å². The molecule has 0 bridgehead atoms. The van der Waals surface area contributed by atoms with Crippen molar-refractivity contribution in [3.8, 4) is 0 Å². The minimum atomic E-state index is -0.713. The first-order valence-electron chi connectivity index (χ1n) is 8.55. The van der Waals surface area contributed by atoms with Gasteiger partial charge in [-0.2, -0.15) is 10.1 Å². The summed E-state index contributed by atoms with van der Waals surface area (Å²) in [6.45, 7) is 3.24. The first-order chi connectivity index (χ1) is 12.7. The molecule has 2 aromatic heterocycles. The molecule has 0 amide bonds. The first-order valence-corrected chi connectivity index (χ1v) is 8.55. The zero-order chi connectivity index (χ0) is 17.9. The van der Waals surface area contributed by atoms with E-state index in [1.807, 2.05) is 41.1 Å². The number of methoxy groups -OCH3 is 1. The molecule has 1 aromatic carbocycles. The Morgan fingerprint density at radius 2 is 2.12 bits per heavy atom. The monoisotopic (exact) mass is 355 g/mol. The lowest BCUT2D eigenvalue weighted by atomic mass is 10.1. The van der Waals surface area contributed by atoms with Crippen molar-refractivity contribution in [1.29, 1.82) is 0 Å². The van der Waals surface area contributed by atoms with Crippen molar-refractivity contribution in [2.24, 2.45) is 0 Å². The van der Waals surface area contributed by atoms with Crippen molar-refractivity contribution in [2.45, 2.75) is 32.3 Å². The van der Waals surface area contributed by atoms with Crippen molar-refractivity contribution in [1.82, 2.24) is 24.8 Å². The number of fused-ring (bicyclic) bond motifs is 1. The van der Waals surface area contributed by atoms with Gasteiger partial charge in [0, 0.05) is 20.2 Å². The molecule has 0 spiro atoms. The highest BCUT2D eigenvalue weighted by atomic mass is 16.5. The van der Waals surface area contributed by atoms with Crippen LogP contribution in [0.5, 0.6) is 0 Å². The molecule has 8 nitrogen and oxygen atoms in total. The lowest BCUT2D eigenvalue weighted by Gasteiger charge is -2.25. The highest BCUT2D eigenvalue weighted by Gasteiger charge is 2.23. The molecule has 0 unspecified atom stereocenters. The van der Waals surface area contributed by atoms with Gasteiger partial charge in [-0.05, 0) is 11.6 Å². The summed E-state index contributed by atoms with van der Waals surface area (Å²) < 4.78 is 12.2. The molecule has 1 atom stereocenters. The van der Waals surface area contributed by atoms with E-state index in [1.54, 1.807) is 7.11 Å². The highest BCUT2D eigenvalue weighted by molar-refractivity contribution is 5.26. The fraction of sp³-hybridized carbons (Fsp3) is 0.389. The molecular formula is C18H21N5O3. The lowest BCUT2D eigenvalue weighted by molar-refractivity contribution is 0.172. The molecule has 136 valence electrons. The van der Waals surface area contributed by atoms with Crippen molar-refractivity contribution < 1.29 is 14.4 Å². The molecular weight excluding hydrogens is 334 g/mol. The van der Waals surface area contributed by atoms with Crippen LogP contribution < -0.4 is 0 Å². The number of aliphatic hydroxyl groups excluding tert-OH is 1. The van der Waals surface area contributed by atoms with Gasteiger partial charge in [-0.3, -0.25) is 9.58 Å². The van der Waals surface area contributed by atoms with Crippen molar-refractivity contribution in [3.05, 3.63) is 65.1 Å². The van der Waals surface area contributed by atoms with Gasteiger partial charge in [0.1, 0.15) is 12.7 Å². The summed E-state index contributed by atoms with van der Waals surface area (Å²) in [6, 6.07) is 11.5. The van der Waals surface area contributed by atoms with Crippen molar-refractivity contribution in [2.75, 3.05) is 13.7 Å². The molecule has 0 aliphatic carbocycles. The SMILES string of the molecule is COCc1noc(CN2CCn3nc([C@H](O)c4ccccc4)cc3C2)n1. The Hall–Kier alpha value is -2.55. The normalized spacial score (nSPS) is 15.8. The third-order valence-corrected chi connectivity index (χ3v) is 4.43. The Morgan fingerprint density at radius 3 is 2.92 bits per heavy atom. The predicted octanol–water partition coefficient (Wildman–Crippen LogP) is 1.51. The van der Waals surface area contributed by atoms with E-state index in [2.05, 4.69) is 20.1 Å². The average Bonchev–Trinajstić information content (AvgIpc) is 3.28. The summed E-state index contributed by atoms with van der Waals surface area (Å²) in [7, 11) is 1.60. The molecule has 1 aliphatic rings. The number of rotatable bonds is 6. The molecule has 3 heterocycles. The third-order valence-electron chi connectivity index (χ3n) is 4.43. The van der Waals surface area contributed by atoms with E-state index in [-0.39, 0.29) is 0 Å². The Kier molecular flexibility index (Phi) is 4.79. The molecule has 26 heavy (non-hydrogen) atoms. The van der Waals surface area contributed by atoms with Gasteiger partial charge in [-0.1, -0.05) is 35.5 Å². The molecule has 0 fully saturated rings. The van der Waals surface area contributed by atoms with Gasteiger partial charge in [0.2, 0.25) is 5.89 Å². The number of hydrogen-bond donors (Lipinski definition) is 1. The maximum absolute atomic E-state index is 10.6. The smallest absolute Gasteiger partial charge is 0.240 e. The van der Waals surface area contributed by atoms with Crippen molar-refractivity contribution in [3.63, 3.8) is 0 Å². The van der Waals surface area contributed by atoms with Crippen LogP contribution in [0, 0.1) is 0 Å². The van der Waals surface area contributed by atoms with Crippen LogP contribution >= 0.6 is 0 Å². The number of nitrogens with zero attached hydrogens (tertiary/aromatic N) is 5. The average molecular weight is 355 g/mol. The largest absolute Gasteiger partial charge is 0.382 e. The van der Waals surface area contributed by atoms with Crippen LogP contribution in [-0.2, 0) is 31.0 Å². The maximum atomic E-state index is 10.6. The third kappa shape index (κ3) is 3.52. The van der Waals surface area contributed by atoms with Crippen LogP contribution in [0.15, 0.2) is 40.9 Å². The van der Waals surface area contributed by atoms with E-state index in [1.165, 1.54) is 0 Å². The van der Waals surface area contributed by atoms with Crippen LogP contribution in [0.3, 0.4) is 0 Å². The van der Waals surface area contributed by atoms with E-state index >= 15 is 0 Å². The standard InChI is InChI=1S/C18H21N5O3/c1-25-12-16-19-17(26-21-16)11-22-7-8-23-14(10-22)9-15(20-23)18(24)13-5-3-2-4-6-13/h2-6,9,18,24H,7-8,10-12H2,1H3/t18-/m1/s1. The van der Waals surface area contributed by atoms with E-state index in [0.717, 1.165) is 30.9 Å². The quantitative estimate of drug-likeness (QED) is 0.717. The van der Waals surface area contributed by atoms with Gasteiger partial charge >= 0.3 is 0 Å². The zero-order valence-corrected chi connectivity index (χ0v) is 14.6. The molecule has 4 rings (SSSR count). The fourth-order valence-corrected chi connectivity index (χ4v) is 3.15. The zero-order valence-electron chi connectivity index (χ0n) is 14.6. The number of aromatic nitrogens is 4. The van der Waals surface area contributed by atoms with Gasteiger partial charge in [-0.15, -0.1) is 0 Å². The Bertz CT molecular complexity index is 861. The van der Waals surface area contributed by atoms with E-state index in [0.29, 0.717) is 30.6 Å². The van der Waals surface area contributed by atoms with Crippen LogP contribution in [0.25, 0.3) is 0 Å². The number of benzene rings is 1. The summed E-state index contributed by atoms with van der Waals surface area (Å²) in [5, 5.41) is 19.0. The first kappa shape index (κ1) is 16.9. The lowest BCUT2D eigenvalue weighted by Crippen LogP contribution is -2.33.